The van der Waals surface area contributed by atoms with Crippen LogP contribution in [0.25, 0.3) is 0 Å². The van der Waals surface area contributed by atoms with Gasteiger partial charge >= 0.3 is 0 Å². The van der Waals surface area contributed by atoms with E-state index in [1.54, 1.807) is 0 Å². The molecule has 6 nitrogen and oxygen atoms in total. The molecule has 2 fully saturated rings. The first-order chi connectivity index (χ1) is 11.5. The van der Waals surface area contributed by atoms with Gasteiger partial charge in [0.2, 0.25) is 0 Å². The summed E-state index contributed by atoms with van der Waals surface area (Å²) in [5.41, 5.74) is 1.59. The van der Waals surface area contributed by atoms with E-state index in [0.29, 0.717) is 5.92 Å². The van der Waals surface area contributed by atoms with Gasteiger partial charge in [0.25, 0.3) is 0 Å². The number of nitrogens with one attached hydrogen (secondary N) is 1. The number of aryl methyl sites for hydroxylation is 1. The SMILES string of the molecule is CN=C(NCC1(N(C)C)CCSC1)N1CCC(c2cnn(C)c2)C1. The summed E-state index contributed by atoms with van der Waals surface area (Å²) in [5.74, 6) is 4.05. The van der Waals surface area contributed by atoms with Crippen LogP contribution in [0, 0.1) is 0 Å². The molecule has 0 bridgehead atoms. The average Bonchev–Trinajstić information content (AvgIpc) is 3.28. The van der Waals surface area contributed by atoms with Gasteiger partial charge in [-0.3, -0.25) is 9.67 Å². The number of hydrogen-bond acceptors (Lipinski definition) is 4. The summed E-state index contributed by atoms with van der Waals surface area (Å²) in [6.45, 7) is 3.05. The van der Waals surface area contributed by atoms with Gasteiger partial charge in [0.15, 0.2) is 5.96 Å². The summed E-state index contributed by atoms with van der Waals surface area (Å²) in [6, 6.07) is 0. The average molecular weight is 351 g/mol. The van der Waals surface area contributed by atoms with Gasteiger partial charge in [0, 0.05) is 57.1 Å². The minimum absolute atomic E-state index is 0.253. The monoisotopic (exact) mass is 350 g/mol. The Hall–Kier alpha value is -1.21. The van der Waals surface area contributed by atoms with Crippen LogP contribution in [0.3, 0.4) is 0 Å². The van der Waals surface area contributed by atoms with Crippen LogP contribution < -0.4 is 5.32 Å². The van der Waals surface area contributed by atoms with E-state index in [9.17, 15) is 0 Å². The second-order valence-electron chi connectivity index (χ2n) is 7.20. The second kappa shape index (κ2) is 7.35. The van der Waals surface area contributed by atoms with E-state index >= 15 is 0 Å². The van der Waals surface area contributed by atoms with Crippen molar-refractivity contribution in [3.8, 4) is 0 Å². The molecule has 134 valence electrons. The molecule has 0 saturated carbocycles. The number of aliphatic imine (C=N–C) groups is 1. The summed E-state index contributed by atoms with van der Waals surface area (Å²) in [7, 11) is 8.28. The van der Waals surface area contributed by atoms with Gasteiger partial charge in [-0.15, -0.1) is 0 Å². The molecule has 2 atom stereocenters. The Kier molecular flexibility index (Phi) is 5.39. The summed E-state index contributed by atoms with van der Waals surface area (Å²) >= 11 is 2.06. The fourth-order valence-corrected chi connectivity index (χ4v) is 5.25. The van der Waals surface area contributed by atoms with Crippen LogP contribution in [-0.2, 0) is 7.05 Å². The van der Waals surface area contributed by atoms with Crippen LogP contribution in [0.1, 0.15) is 24.3 Å². The molecule has 3 heterocycles. The zero-order valence-corrected chi connectivity index (χ0v) is 16.1. The Balaban J connectivity index is 1.59. The highest BCUT2D eigenvalue weighted by Crippen LogP contribution is 2.31. The first-order valence-corrected chi connectivity index (χ1v) is 9.89. The third-order valence-electron chi connectivity index (χ3n) is 5.50. The van der Waals surface area contributed by atoms with Crippen molar-refractivity contribution in [3.05, 3.63) is 18.0 Å². The van der Waals surface area contributed by atoms with Gasteiger partial charge in [0.05, 0.1) is 6.20 Å². The van der Waals surface area contributed by atoms with Crippen LogP contribution in [0.15, 0.2) is 17.4 Å². The van der Waals surface area contributed by atoms with E-state index in [1.165, 1.54) is 29.9 Å². The number of thioether (sulfide) groups is 1. The molecule has 0 aliphatic carbocycles. The van der Waals surface area contributed by atoms with Crippen molar-refractivity contribution in [1.82, 2.24) is 24.9 Å². The number of likely N-dealkylation sites (tertiary alicyclic amines) is 1. The maximum atomic E-state index is 4.54. The molecule has 2 aliphatic heterocycles. The van der Waals surface area contributed by atoms with Crippen LogP contribution in [0.5, 0.6) is 0 Å². The van der Waals surface area contributed by atoms with Crippen LogP contribution in [-0.4, -0.2) is 83.4 Å². The molecule has 1 aromatic heterocycles. The molecule has 2 aliphatic rings. The third kappa shape index (κ3) is 3.57. The second-order valence-corrected chi connectivity index (χ2v) is 8.31. The molecule has 0 amide bonds. The molecule has 7 heteroatoms. The largest absolute Gasteiger partial charge is 0.354 e. The fraction of sp³-hybridized carbons (Fsp3) is 0.765. The van der Waals surface area contributed by atoms with Crippen LogP contribution in [0.2, 0.25) is 0 Å². The van der Waals surface area contributed by atoms with Crippen molar-refractivity contribution in [1.29, 1.82) is 0 Å². The topological polar surface area (TPSA) is 48.7 Å². The maximum Gasteiger partial charge on any atom is 0.193 e. The highest BCUT2D eigenvalue weighted by atomic mass is 32.2. The molecule has 3 rings (SSSR count). The number of rotatable bonds is 4. The normalized spacial score (nSPS) is 28.1. The van der Waals surface area contributed by atoms with Crippen molar-refractivity contribution in [2.75, 3.05) is 52.3 Å². The van der Waals surface area contributed by atoms with Crippen molar-refractivity contribution in [2.24, 2.45) is 12.0 Å². The minimum atomic E-state index is 0.253. The molecule has 0 spiro atoms. The minimum Gasteiger partial charge on any atom is -0.354 e. The molecule has 1 aromatic rings. The standard InChI is InChI=1S/C17H30N6S/c1-18-16(19-12-17(21(2)3)6-8-24-13-17)23-7-5-14(11-23)15-9-20-22(4)10-15/h9-10,14H,5-8,11-13H2,1-4H3,(H,18,19). The Morgan fingerprint density at radius 2 is 2.38 bits per heavy atom. The van der Waals surface area contributed by atoms with Gasteiger partial charge in [-0.2, -0.15) is 16.9 Å². The zero-order chi connectivity index (χ0) is 17.2. The maximum absolute atomic E-state index is 4.54. The van der Waals surface area contributed by atoms with Crippen molar-refractivity contribution >= 4 is 17.7 Å². The first-order valence-electron chi connectivity index (χ1n) is 8.73. The summed E-state index contributed by atoms with van der Waals surface area (Å²) in [5, 5.41) is 7.97. The van der Waals surface area contributed by atoms with Gasteiger partial charge in [0.1, 0.15) is 0 Å². The lowest BCUT2D eigenvalue weighted by Gasteiger charge is -2.37. The van der Waals surface area contributed by atoms with Gasteiger partial charge in [-0.25, -0.2) is 0 Å². The Labute approximate surface area is 149 Å². The number of hydrogen-bond donors (Lipinski definition) is 1. The number of likely N-dealkylation sites (N-methyl/N-ethyl adjacent to an activating group) is 1. The van der Waals surface area contributed by atoms with Crippen LogP contribution in [0.4, 0.5) is 0 Å². The van der Waals surface area contributed by atoms with Crippen molar-refractivity contribution < 1.29 is 0 Å². The summed E-state index contributed by atoms with van der Waals surface area (Å²) < 4.78 is 1.89. The van der Waals surface area contributed by atoms with E-state index in [-0.39, 0.29) is 5.54 Å². The predicted molar refractivity (Wildman–Crippen MR) is 102 cm³/mol. The van der Waals surface area contributed by atoms with E-state index in [4.69, 9.17) is 0 Å². The zero-order valence-electron chi connectivity index (χ0n) is 15.3. The van der Waals surface area contributed by atoms with E-state index in [1.807, 2.05) is 25.0 Å². The molecule has 1 N–H and O–H groups in total. The Morgan fingerprint density at radius 1 is 1.54 bits per heavy atom. The quantitative estimate of drug-likeness (QED) is 0.654. The highest BCUT2D eigenvalue weighted by molar-refractivity contribution is 7.99. The van der Waals surface area contributed by atoms with Crippen molar-refractivity contribution in [3.63, 3.8) is 0 Å². The van der Waals surface area contributed by atoms with Gasteiger partial charge in [-0.1, -0.05) is 0 Å². The highest BCUT2D eigenvalue weighted by Gasteiger charge is 2.37. The van der Waals surface area contributed by atoms with E-state index in [0.717, 1.165) is 25.6 Å². The van der Waals surface area contributed by atoms with E-state index < -0.39 is 0 Å². The number of aromatic nitrogens is 2. The molecular weight excluding hydrogens is 320 g/mol. The van der Waals surface area contributed by atoms with Crippen molar-refractivity contribution in [2.45, 2.75) is 24.3 Å². The molecular formula is C17H30N6S. The van der Waals surface area contributed by atoms with Gasteiger partial charge < -0.3 is 15.1 Å². The van der Waals surface area contributed by atoms with Crippen LogP contribution >= 0.6 is 11.8 Å². The lowest BCUT2D eigenvalue weighted by molar-refractivity contribution is 0.181. The smallest absolute Gasteiger partial charge is 0.193 e. The molecule has 2 unspecified atom stereocenters. The van der Waals surface area contributed by atoms with Gasteiger partial charge in [-0.05, 0) is 38.3 Å². The number of guanidine groups is 1. The number of nitrogens with zero attached hydrogens (tertiary/aromatic N) is 5. The van der Waals surface area contributed by atoms with E-state index in [2.05, 4.69) is 57.3 Å². The lowest BCUT2D eigenvalue weighted by atomic mass is 9.97. The summed E-state index contributed by atoms with van der Waals surface area (Å²) in [6.07, 6.45) is 6.55. The predicted octanol–water partition coefficient (Wildman–Crippen LogP) is 1.22. The molecule has 24 heavy (non-hydrogen) atoms. The third-order valence-corrected chi connectivity index (χ3v) is 6.74. The molecule has 0 aromatic carbocycles. The molecule has 2 saturated heterocycles. The summed E-state index contributed by atoms with van der Waals surface area (Å²) in [4.78, 5) is 9.32. The lowest BCUT2D eigenvalue weighted by Crippen LogP contribution is -2.55. The molecule has 0 radical (unpaired) electrons. The Morgan fingerprint density at radius 3 is 2.96 bits per heavy atom. The first kappa shape index (κ1) is 17.6. The fourth-order valence-electron chi connectivity index (χ4n) is 3.70. The Bertz CT molecular complexity index is 575.